The van der Waals surface area contributed by atoms with Gasteiger partial charge in [0.1, 0.15) is 5.60 Å². The third kappa shape index (κ3) is 7.91. The number of nitrogens with zero attached hydrogens (tertiary/aromatic N) is 1. The Morgan fingerprint density at radius 1 is 1.06 bits per heavy atom. The Labute approximate surface area is 209 Å². The summed E-state index contributed by atoms with van der Waals surface area (Å²) in [5.41, 5.74) is 3.82. The number of carbonyl (C=O) groups excluding carboxylic acids is 1. The van der Waals surface area contributed by atoms with E-state index in [1.807, 2.05) is 26.0 Å². The van der Waals surface area contributed by atoms with E-state index in [0.29, 0.717) is 26.2 Å². The van der Waals surface area contributed by atoms with Gasteiger partial charge in [0, 0.05) is 19.5 Å². The molecule has 2 aromatic carbocycles. The number of hydrogen-bond acceptors (Lipinski definition) is 5. The van der Waals surface area contributed by atoms with Crippen molar-refractivity contribution in [1.82, 2.24) is 4.90 Å². The topological polar surface area (TPSA) is 76.1 Å². The predicted molar refractivity (Wildman–Crippen MR) is 136 cm³/mol. The van der Waals surface area contributed by atoms with Crippen molar-refractivity contribution >= 4 is 11.9 Å². The zero-order valence-corrected chi connectivity index (χ0v) is 21.7. The number of carbonyl (C=O) groups is 2. The van der Waals surface area contributed by atoms with Gasteiger partial charge in [0.2, 0.25) is 0 Å². The number of rotatable bonds is 3. The van der Waals surface area contributed by atoms with Crippen LogP contribution in [0.15, 0.2) is 42.5 Å². The Morgan fingerprint density at radius 3 is 2.43 bits per heavy atom. The highest BCUT2D eigenvalue weighted by Crippen LogP contribution is 2.32. The Hall–Kier alpha value is -2.70. The lowest BCUT2D eigenvalue weighted by Crippen LogP contribution is -2.28. The van der Waals surface area contributed by atoms with Gasteiger partial charge in [0.05, 0.1) is 18.8 Å². The molecule has 190 valence electrons. The first-order chi connectivity index (χ1) is 16.4. The average molecular weight is 482 g/mol. The van der Waals surface area contributed by atoms with Crippen LogP contribution in [0.1, 0.15) is 86.5 Å². The van der Waals surface area contributed by atoms with Gasteiger partial charge in [-0.3, -0.25) is 9.69 Å². The van der Waals surface area contributed by atoms with E-state index in [1.165, 1.54) is 5.56 Å². The van der Waals surface area contributed by atoms with Gasteiger partial charge in [-0.1, -0.05) is 45.0 Å². The Bertz CT molecular complexity index is 1020. The van der Waals surface area contributed by atoms with E-state index in [0.717, 1.165) is 42.6 Å². The van der Waals surface area contributed by atoms with Gasteiger partial charge in [0.15, 0.2) is 0 Å². The molecular formula is C29H39NO5. The van der Waals surface area contributed by atoms with Crippen molar-refractivity contribution in [3.63, 3.8) is 0 Å². The number of esters is 1. The standard InChI is InChI=1S/C29H39NO5/c1-28(2,3)24-16-22-17-25(18-24)29(4,5)35-26(31)8-6-7-13-30(14-15-34-20-22)19-21-9-11-23(12-10-21)27(32)33/h9-12,16-18H,6-8,13-15,19-20H2,1-5H3,(H,32,33). The van der Waals surface area contributed by atoms with E-state index >= 15 is 0 Å². The normalized spacial score (nSPS) is 18.3. The average Bonchev–Trinajstić information content (AvgIpc) is 2.78. The van der Waals surface area contributed by atoms with Crippen molar-refractivity contribution in [2.45, 2.75) is 78.0 Å². The summed E-state index contributed by atoms with van der Waals surface area (Å²) in [6, 6.07) is 13.4. The molecular weight excluding hydrogens is 442 g/mol. The number of hydrogen-bond donors (Lipinski definition) is 1. The van der Waals surface area contributed by atoms with Crippen LogP contribution in [0.2, 0.25) is 0 Å². The lowest BCUT2D eigenvalue weighted by Gasteiger charge is -2.29. The van der Waals surface area contributed by atoms with Gasteiger partial charge in [-0.2, -0.15) is 0 Å². The maximum absolute atomic E-state index is 12.7. The molecule has 0 aliphatic carbocycles. The van der Waals surface area contributed by atoms with Crippen molar-refractivity contribution in [1.29, 1.82) is 0 Å². The lowest BCUT2D eigenvalue weighted by molar-refractivity contribution is -0.157. The molecule has 1 N–H and O–H groups in total. The monoisotopic (exact) mass is 481 g/mol. The Balaban J connectivity index is 1.77. The fourth-order valence-electron chi connectivity index (χ4n) is 4.22. The van der Waals surface area contributed by atoms with Gasteiger partial charge >= 0.3 is 11.9 Å². The fraction of sp³-hybridized carbons (Fsp3) is 0.517. The molecule has 6 nitrogen and oxygen atoms in total. The molecule has 1 aliphatic rings. The van der Waals surface area contributed by atoms with Crippen molar-refractivity contribution in [3.05, 3.63) is 70.3 Å². The molecule has 0 spiro atoms. The van der Waals surface area contributed by atoms with Crippen LogP contribution in [0.3, 0.4) is 0 Å². The second-order valence-corrected chi connectivity index (χ2v) is 10.9. The van der Waals surface area contributed by atoms with Crippen molar-refractivity contribution < 1.29 is 24.2 Å². The van der Waals surface area contributed by atoms with Crippen molar-refractivity contribution in [2.75, 3.05) is 19.7 Å². The maximum atomic E-state index is 12.7. The van der Waals surface area contributed by atoms with Gasteiger partial charge in [-0.15, -0.1) is 0 Å². The molecule has 0 atom stereocenters. The van der Waals surface area contributed by atoms with E-state index in [4.69, 9.17) is 14.6 Å². The quantitative estimate of drug-likeness (QED) is 0.570. The van der Waals surface area contributed by atoms with Crippen LogP contribution >= 0.6 is 0 Å². The predicted octanol–water partition coefficient (Wildman–Crippen LogP) is 5.66. The van der Waals surface area contributed by atoms with Crippen LogP contribution in [0.25, 0.3) is 0 Å². The van der Waals surface area contributed by atoms with Crippen LogP contribution in [0, 0.1) is 0 Å². The first-order valence-electron chi connectivity index (χ1n) is 12.4. The fourth-order valence-corrected chi connectivity index (χ4v) is 4.22. The molecule has 2 aromatic rings. The molecule has 2 bridgehead atoms. The summed E-state index contributed by atoms with van der Waals surface area (Å²) in [5.74, 6) is -1.10. The first-order valence-corrected chi connectivity index (χ1v) is 12.4. The van der Waals surface area contributed by atoms with Gasteiger partial charge in [0.25, 0.3) is 0 Å². The lowest BCUT2D eigenvalue weighted by atomic mass is 9.83. The molecule has 0 unspecified atom stereocenters. The Kier molecular flexibility index (Phi) is 8.73. The number of carboxylic acid groups (broad SMARTS) is 1. The minimum Gasteiger partial charge on any atom is -0.478 e. The van der Waals surface area contributed by atoms with Crippen molar-refractivity contribution in [3.8, 4) is 0 Å². The van der Waals surface area contributed by atoms with Crippen molar-refractivity contribution in [2.24, 2.45) is 0 Å². The highest BCUT2D eigenvalue weighted by atomic mass is 16.6. The van der Waals surface area contributed by atoms with E-state index in [9.17, 15) is 9.59 Å². The third-order valence-electron chi connectivity index (χ3n) is 6.46. The highest BCUT2D eigenvalue weighted by molar-refractivity contribution is 5.87. The number of cyclic esters (lactones) is 1. The van der Waals surface area contributed by atoms with Crippen LogP contribution in [-0.4, -0.2) is 41.6 Å². The number of benzene rings is 2. The zero-order chi connectivity index (χ0) is 25.6. The van der Waals surface area contributed by atoms with E-state index < -0.39 is 11.6 Å². The second-order valence-electron chi connectivity index (χ2n) is 10.9. The van der Waals surface area contributed by atoms with E-state index in [2.05, 4.69) is 43.9 Å². The minimum absolute atomic E-state index is 0.0409. The van der Waals surface area contributed by atoms with Crippen LogP contribution < -0.4 is 0 Å². The second kappa shape index (κ2) is 11.4. The summed E-state index contributed by atoms with van der Waals surface area (Å²) in [4.78, 5) is 26.1. The summed E-state index contributed by atoms with van der Waals surface area (Å²) in [7, 11) is 0. The number of ether oxygens (including phenoxy) is 2. The first kappa shape index (κ1) is 26.9. The van der Waals surface area contributed by atoms with Crippen LogP contribution in [0.5, 0.6) is 0 Å². The van der Waals surface area contributed by atoms with E-state index in [-0.39, 0.29) is 16.9 Å². The number of fused-ring (bicyclic) bond motifs is 2. The molecule has 1 heterocycles. The van der Waals surface area contributed by atoms with Gasteiger partial charge in [-0.25, -0.2) is 4.79 Å². The van der Waals surface area contributed by atoms with Gasteiger partial charge < -0.3 is 14.6 Å². The summed E-state index contributed by atoms with van der Waals surface area (Å²) >= 11 is 0. The molecule has 0 amide bonds. The smallest absolute Gasteiger partial charge is 0.335 e. The molecule has 6 heteroatoms. The molecule has 35 heavy (non-hydrogen) atoms. The molecule has 1 aliphatic heterocycles. The van der Waals surface area contributed by atoms with E-state index in [1.54, 1.807) is 12.1 Å². The number of carboxylic acids is 1. The molecule has 0 aromatic heterocycles. The maximum Gasteiger partial charge on any atom is 0.335 e. The summed E-state index contributed by atoms with van der Waals surface area (Å²) in [6.07, 6.45) is 2.00. The molecule has 0 fully saturated rings. The van der Waals surface area contributed by atoms with Gasteiger partial charge in [-0.05, 0) is 79.1 Å². The molecule has 0 saturated carbocycles. The van der Waals surface area contributed by atoms with Crippen LogP contribution in [0.4, 0.5) is 0 Å². The summed E-state index contributed by atoms with van der Waals surface area (Å²) in [5, 5.41) is 9.14. The molecule has 0 radical (unpaired) electrons. The van der Waals surface area contributed by atoms with Crippen LogP contribution in [-0.2, 0) is 38.4 Å². The summed E-state index contributed by atoms with van der Waals surface area (Å²) in [6.45, 7) is 13.8. The Morgan fingerprint density at radius 2 is 1.77 bits per heavy atom. The molecule has 0 saturated heterocycles. The third-order valence-corrected chi connectivity index (χ3v) is 6.46. The SMILES string of the molecule is CC(C)(C)c1cc2cc(c1)C(C)(C)OC(=O)CCCCN(Cc1ccc(C(=O)O)cc1)CCOC2. The number of aromatic carboxylic acids is 1. The minimum atomic E-state index is -0.923. The molecule has 3 rings (SSSR count). The largest absolute Gasteiger partial charge is 0.478 e. The summed E-state index contributed by atoms with van der Waals surface area (Å²) < 4.78 is 12.0. The highest BCUT2D eigenvalue weighted by Gasteiger charge is 2.28. The zero-order valence-electron chi connectivity index (χ0n) is 21.7.